The van der Waals surface area contributed by atoms with Gasteiger partial charge >= 0.3 is 5.63 Å². The third-order valence-corrected chi connectivity index (χ3v) is 6.01. The van der Waals surface area contributed by atoms with Gasteiger partial charge in [-0.25, -0.2) is 4.79 Å². The van der Waals surface area contributed by atoms with Crippen LogP contribution in [0.3, 0.4) is 0 Å². The number of hydrogen-bond acceptors (Lipinski definition) is 4. The Morgan fingerprint density at radius 3 is 2.32 bits per heavy atom. The van der Waals surface area contributed by atoms with E-state index in [0.717, 1.165) is 22.1 Å². The molecule has 1 N–H and O–H groups in total. The molecule has 1 aliphatic rings. The highest BCUT2D eigenvalue weighted by Gasteiger charge is 2.28. The first-order chi connectivity index (χ1) is 14.8. The second-order valence-corrected chi connectivity index (χ2v) is 8.33. The Balaban J connectivity index is 1.42. The molecule has 2 heterocycles. The predicted octanol–water partition coefficient (Wildman–Crippen LogP) is 4.21. The molecule has 0 aliphatic carbocycles. The summed E-state index contributed by atoms with van der Waals surface area (Å²) in [5, 5.41) is 3.84. The molecule has 0 unspecified atom stereocenters. The van der Waals surface area contributed by atoms with Crippen molar-refractivity contribution in [3.05, 3.63) is 75.1 Å². The van der Waals surface area contributed by atoms with Gasteiger partial charge in [0.25, 0.3) is 5.91 Å². The van der Waals surface area contributed by atoms with Gasteiger partial charge in [-0.1, -0.05) is 17.7 Å². The van der Waals surface area contributed by atoms with Crippen LogP contribution in [0.2, 0.25) is 0 Å². The number of rotatable bonds is 3. The number of piperidine rings is 1. The summed E-state index contributed by atoms with van der Waals surface area (Å²) in [4.78, 5) is 39.0. The Labute approximate surface area is 180 Å². The Morgan fingerprint density at radius 1 is 0.968 bits per heavy atom. The smallest absolute Gasteiger partial charge is 0.336 e. The molecule has 4 rings (SSSR count). The fourth-order valence-corrected chi connectivity index (χ4v) is 4.06. The molecule has 1 aliphatic heterocycles. The Hall–Kier alpha value is -3.41. The number of anilines is 1. The zero-order valence-corrected chi connectivity index (χ0v) is 18.0. The van der Waals surface area contributed by atoms with Crippen LogP contribution in [-0.2, 0) is 4.79 Å². The molecule has 31 heavy (non-hydrogen) atoms. The predicted molar refractivity (Wildman–Crippen MR) is 120 cm³/mol. The summed E-state index contributed by atoms with van der Waals surface area (Å²) in [6.45, 7) is 6.84. The van der Waals surface area contributed by atoms with Crippen molar-refractivity contribution in [3.63, 3.8) is 0 Å². The summed E-state index contributed by atoms with van der Waals surface area (Å²) in [6.07, 6.45) is 1.26. The number of aryl methyl sites for hydroxylation is 3. The maximum absolute atomic E-state index is 12.9. The number of carbonyl (C=O) groups excluding carboxylic acids is 2. The Morgan fingerprint density at radius 2 is 1.65 bits per heavy atom. The molecule has 2 aromatic carbocycles. The van der Waals surface area contributed by atoms with Gasteiger partial charge in [-0.3, -0.25) is 9.59 Å². The molecule has 0 atom stereocenters. The number of benzene rings is 2. The van der Waals surface area contributed by atoms with Crippen molar-refractivity contribution in [1.82, 2.24) is 4.90 Å². The summed E-state index contributed by atoms with van der Waals surface area (Å²) in [6, 6.07) is 12.7. The molecule has 0 spiro atoms. The molecule has 0 radical (unpaired) electrons. The van der Waals surface area contributed by atoms with Gasteiger partial charge in [0, 0.05) is 41.7 Å². The number of nitrogens with one attached hydrogen (secondary N) is 1. The Kier molecular flexibility index (Phi) is 5.63. The molecular formula is C25H26N2O4. The maximum atomic E-state index is 12.9. The molecule has 1 saturated heterocycles. The second-order valence-electron chi connectivity index (χ2n) is 8.33. The van der Waals surface area contributed by atoms with Crippen LogP contribution in [0.1, 0.15) is 39.9 Å². The molecular weight excluding hydrogens is 392 g/mol. The van der Waals surface area contributed by atoms with E-state index in [1.54, 1.807) is 6.07 Å². The lowest BCUT2D eigenvalue weighted by molar-refractivity contribution is -0.121. The van der Waals surface area contributed by atoms with E-state index in [2.05, 4.69) is 5.32 Å². The van der Waals surface area contributed by atoms with Gasteiger partial charge in [0.2, 0.25) is 5.91 Å². The highest BCUT2D eigenvalue weighted by atomic mass is 16.4. The van der Waals surface area contributed by atoms with Gasteiger partial charge in [-0.05, 0) is 69.0 Å². The zero-order valence-electron chi connectivity index (χ0n) is 18.0. The molecule has 1 aromatic heterocycles. The van der Waals surface area contributed by atoms with Gasteiger partial charge < -0.3 is 14.6 Å². The number of amides is 2. The molecule has 3 aromatic rings. The lowest BCUT2D eigenvalue weighted by atomic mass is 9.95. The van der Waals surface area contributed by atoms with Gasteiger partial charge in [0.1, 0.15) is 5.58 Å². The minimum atomic E-state index is -0.381. The van der Waals surface area contributed by atoms with Crippen LogP contribution in [-0.4, -0.2) is 29.8 Å². The van der Waals surface area contributed by atoms with Gasteiger partial charge in [0.15, 0.2) is 0 Å². The van der Waals surface area contributed by atoms with E-state index in [4.69, 9.17) is 4.42 Å². The fraction of sp³-hybridized carbons (Fsp3) is 0.320. The van der Waals surface area contributed by atoms with Crippen molar-refractivity contribution in [2.45, 2.75) is 33.6 Å². The van der Waals surface area contributed by atoms with Gasteiger partial charge in [0.05, 0.1) is 0 Å². The van der Waals surface area contributed by atoms with E-state index < -0.39 is 0 Å². The van der Waals surface area contributed by atoms with Crippen molar-refractivity contribution in [2.75, 3.05) is 18.4 Å². The summed E-state index contributed by atoms with van der Waals surface area (Å²) >= 11 is 0. The standard InChI is InChI=1S/C25H26N2O4/c1-15-4-6-19(7-5-15)25(30)27-10-8-18(9-11-27)24(29)26-21-14-20-16(2)13-23(28)31-22(20)12-17(21)3/h4-7,12-14,18H,8-11H2,1-3H3,(H,26,29). The van der Waals surface area contributed by atoms with E-state index in [-0.39, 0.29) is 23.4 Å². The minimum absolute atomic E-state index is 0.0150. The van der Waals surface area contributed by atoms with Crippen LogP contribution < -0.4 is 10.9 Å². The van der Waals surface area contributed by atoms with Crippen molar-refractivity contribution in [1.29, 1.82) is 0 Å². The number of likely N-dealkylation sites (tertiary alicyclic amines) is 1. The molecule has 0 bridgehead atoms. The van der Waals surface area contributed by atoms with Crippen LogP contribution in [0.4, 0.5) is 5.69 Å². The largest absolute Gasteiger partial charge is 0.423 e. The molecule has 2 amide bonds. The average Bonchev–Trinajstić information content (AvgIpc) is 2.75. The van der Waals surface area contributed by atoms with E-state index in [0.29, 0.717) is 42.8 Å². The monoisotopic (exact) mass is 418 g/mol. The van der Waals surface area contributed by atoms with Crippen LogP contribution in [0.5, 0.6) is 0 Å². The third kappa shape index (κ3) is 4.38. The minimum Gasteiger partial charge on any atom is -0.423 e. The quantitative estimate of drug-likeness (QED) is 0.646. The molecule has 160 valence electrons. The summed E-state index contributed by atoms with van der Waals surface area (Å²) in [5.74, 6) is -0.173. The van der Waals surface area contributed by atoms with Gasteiger partial charge in [-0.15, -0.1) is 0 Å². The first-order valence-corrected chi connectivity index (χ1v) is 10.5. The van der Waals surface area contributed by atoms with Crippen molar-refractivity contribution in [2.24, 2.45) is 5.92 Å². The summed E-state index contributed by atoms with van der Waals surface area (Å²) in [7, 11) is 0. The van der Waals surface area contributed by atoms with Crippen LogP contribution >= 0.6 is 0 Å². The zero-order chi connectivity index (χ0) is 22.1. The molecule has 6 heteroatoms. The van der Waals surface area contributed by atoms with E-state index in [1.165, 1.54) is 6.07 Å². The number of hydrogen-bond donors (Lipinski definition) is 1. The Bertz CT molecular complexity index is 1200. The topological polar surface area (TPSA) is 79.6 Å². The summed E-state index contributed by atoms with van der Waals surface area (Å²) in [5.41, 5.74) is 4.30. The number of fused-ring (bicyclic) bond motifs is 1. The molecule has 1 fully saturated rings. The first-order valence-electron chi connectivity index (χ1n) is 10.5. The molecule has 0 saturated carbocycles. The lowest BCUT2D eigenvalue weighted by Crippen LogP contribution is -2.41. The SMILES string of the molecule is Cc1ccc(C(=O)N2CCC(C(=O)Nc3cc4c(C)cc(=O)oc4cc3C)CC2)cc1. The van der Waals surface area contributed by atoms with Crippen molar-refractivity contribution >= 4 is 28.5 Å². The highest BCUT2D eigenvalue weighted by Crippen LogP contribution is 2.27. The number of nitrogens with zero attached hydrogens (tertiary/aromatic N) is 1. The van der Waals surface area contributed by atoms with E-state index in [1.807, 2.05) is 56.0 Å². The third-order valence-electron chi connectivity index (χ3n) is 6.01. The van der Waals surface area contributed by atoms with Crippen molar-refractivity contribution in [3.8, 4) is 0 Å². The number of carbonyl (C=O) groups is 2. The van der Waals surface area contributed by atoms with Crippen LogP contribution in [0.25, 0.3) is 11.0 Å². The van der Waals surface area contributed by atoms with Crippen LogP contribution in [0, 0.1) is 26.7 Å². The van der Waals surface area contributed by atoms with Gasteiger partial charge in [-0.2, -0.15) is 0 Å². The van der Waals surface area contributed by atoms with E-state index in [9.17, 15) is 14.4 Å². The van der Waals surface area contributed by atoms with Crippen LogP contribution in [0.15, 0.2) is 51.7 Å². The van der Waals surface area contributed by atoms with E-state index >= 15 is 0 Å². The average molecular weight is 418 g/mol. The highest BCUT2D eigenvalue weighted by molar-refractivity contribution is 5.97. The second kappa shape index (κ2) is 8.38. The maximum Gasteiger partial charge on any atom is 0.336 e. The fourth-order valence-electron chi connectivity index (χ4n) is 4.06. The normalized spacial score (nSPS) is 14.6. The lowest BCUT2D eigenvalue weighted by Gasteiger charge is -2.31. The van der Waals surface area contributed by atoms with Crippen molar-refractivity contribution < 1.29 is 14.0 Å². The first kappa shape index (κ1) is 20.8. The summed E-state index contributed by atoms with van der Waals surface area (Å²) < 4.78 is 5.27. The molecule has 6 nitrogen and oxygen atoms in total.